The van der Waals surface area contributed by atoms with Gasteiger partial charge in [0, 0.05) is 36.6 Å². The molecule has 1 amide bonds. The maximum Gasteiger partial charge on any atom is 0.234 e. The van der Waals surface area contributed by atoms with Gasteiger partial charge in [-0.1, -0.05) is 18.2 Å². The van der Waals surface area contributed by atoms with Crippen molar-refractivity contribution >= 4 is 28.3 Å². The Morgan fingerprint density at radius 1 is 1.26 bits per heavy atom. The highest BCUT2D eigenvalue weighted by Crippen LogP contribution is 2.42. The first-order valence-corrected chi connectivity index (χ1v) is 9.95. The molecule has 5 rings (SSSR count). The minimum absolute atomic E-state index is 0.0924. The Bertz CT molecular complexity index is 983. The number of fused-ring (bicyclic) bond motifs is 2. The standard InChI is InChI=1S/C22H25N3O2/c1-3-23-21(26)15-9-17-16-5-4-6-18-20(16)14(10-19(17)24(2)11-15)12-25(18)22(27)13-7-8-13/h4-6,9,12-13,15,19H,3,7-8,10-11H2,1-2H3,(H,23,26)/t15-,19-/m1/s1. The summed E-state index contributed by atoms with van der Waals surface area (Å²) in [4.78, 5) is 27.5. The van der Waals surface area contributed by atoms with Gasteiger partial charge in [-0.05, 0) is 56.0 Å². The lowest BCUT2D eigenvalue weighted by molar-refractivity contribution is -0.124. The molecule has 0 saturated heterocycles. The van der Waals surface area contributed by atoms with Crippen LogP contribution in [0.4, 0.5) is 0 Å². The van der Waals surface area contributed by atoms with Crippen molar-refractivity contribution in [3.05, 3.63) is 41.6 Å². The first-order chi connectivity index (χ1) is 13.1. The molecule has 1 aliphatic heterocycles. The second-order valence-corrected chi connectivity index (χ2v) is 8.12. The molecule has 2 atom stereocenters. The summed E-state index contributed by atoms with van der Waals surface area (Å²) < 4.78 is 1.88. The smallest absolute Gasteiger partial charge is 0.234 e. The van der Waals surface area contributed by atoms with E-state index in [1.165, 1.54) is 22.1 Å². The van der Waals surface area contributed by atoms with Gasteiger partial charge in [0.25, 0.3) is 0 Å². The highest BCUT2D eigenvalue weighted by molar-refractivity contribution is 6.04. The molecule has 2 aromatic rings. The van der Waals surface area contributed by atoms with E-state index in [0.717, 1.165) is 31.3 Å². The van der Waals surface area contributed by atoms with Crippen molar-refractivity contribution in [1.82, 2.24) is 14.8 Å². The maximum atomic E-state index is 12.8. The number of hydrogen-bond acceptors (Lipinski definition) is 3. The molecule has 3 aliphatic rings. The molecule has 1 saturated carbocycles. The first-order valence-electron chi connectivity index (χ1n) is 9.95. The van der Waals surface area contributed by atoms with Crippen LogP contribution in [0.3, 0.4) is 0 Å². The Kier molecular flexibility index (Phi) is 3.76. The number of carbonyl (C=O) groups excluding carboxylic acids is 2. The van der Waals surface area contributed by atoms with Gasteiger partial charge in [0.2, 0.25) is 11.8 Å². The molecule has 0 bridgehead atoms. The van der Waals surface area contributed by atoms with Crippen molar-refractivity contribution in [3.63, 3.8) is 0 Å². The van der Waals surface area contributed by atoms with Gasteiger partial charge < -0.3 is 5.32 Å². The normalized spacial score (nSPS) is 24.4. The van der Waals surface area contributed by atoms with E-state index in [9.17, 15) is 9.59 Å². The average molecular weight is 363 g/mol. The minimum Gasteiger partial charge on any atom is -0.356 e. The number of aromatic nitrogens is 1. The number of likely N-dealkylation sites (N-methyl/N-ethyl adjacent to an activating group) is 1. The molecule has 0 unspecified atom stereocenters. The van der Waals surface area contributed by atoms with Crippen LogP contribution in [-0.4, -0.2) is 47.5 Å². The monoisotopic (exact) mass is 363 g/mol. The molecule has 1 fully saturated rings. The summed E-state index contributed by atoms with van der Waals surface area (Å²) in [6.45, 7) is 3.33. The molecule has 1 aromatic carbocycles. The Hall–Kier alpha value is -2.40. The van der Waals surface area contributed by atoms with E-state index in [1.54, 1.807) is 0 Å². The molecular weight excluding hydrogens is 338 g/mol. The molecule has 0 spiro atoms. The number of benzene rings is 1. The topological polar surface area (TPSA) is 54.3 Å². The fourth-order valence-electron chi connectivity index (χ4n) is 4.74. The van der Waals surface area contributed by atoms with Crippen molar-refractivity contribution in [2.24, 2.45) is 11.8 Å². The summed E-state index contributed by atoms with van der Waals surface area (Å²) in [5.41, 5.74) is 4.68. The summed E-state index contributed by atoms with van der Waals surface area (Å²) in [6, 6.07) is 6.50. The fraction of sp³-hybridized carbons (Fsp3) is 0.455. The molecule has 140 valence electrons. The van der Waals surface area contributed by atoms with E-state index in [1.807, 2.05) is 17.6 Å². The van der Waals surface area contributed by atoms with Crippen molar-refractivity contribution < 1.29 is 9.59 Å². The lowest BCUT2D eigenvalue weighted by Crippen LogP contribution is -2.46. The van der Waals surface area contributed by atoms with E-state index in [4.69, 9.17) is 0 Å². The van der Waals surface area contributed by atoms with Gasteiger partial charge in [-0.2, -0.15) is 0 Å². The molecule has 1 aromatic heterocycles. The molecule has 27 heavy (non-hydrogen) atoms. The summed E-state index contributed by atoms with van der Waals surface area (Å²) >= 11 is 0. The molecule has 1 N–H and O–H groups in total. The van der Waals surface area contributed by atoms with Gasteiger partial charge in [0.05, 0.1) is 11.4 Å². The van der Waals surface area contributed by atoms with Crippen LogP contribution >= 0.6 is 0 Å². The van der Waals surface area contributed by atoms with Gasteiger partial charge in [-0.25, -0.2) is 0 Å². The predicted molar refractivity (Wildman–Crippen MR) is 106 cm³/mol. The average Bonchev–Trinajstić information content (AvgIpc) is 3.45. The SMILES string of the molecule is CCNC(=O)[C@@H]1C=C2c3cccc4c3c(cn4C(=O)C3CC3)C[C@H]2N(C)C1. The largest absolute Gasteiger partial charge is 0.356 e. The fourth-order valence-corrected chi connectivity index (χ4v) is 4.74. The number of amides is 1. The van der Waals surface area contributed by atoms with Crippen LogP contribution in [0.15, 0.2) is 30.5 Å². The molecule has 0 radical (unpaired) electrons. The summed E-state index contributed by atoms with van der Waals surface area (Å²) in [5.74, 6) is 0.392. The van der Waals surface area contributed by atoms with Crippen LogP contribution in [0.1, 0.15) is 35.7 Å². The van der Waals surface area contributed by atoms with Crippen molar-refractivity contribution in [3.8, 4) is 0 Å². The van der Waals surface area contributed by atoms with Gasteiger partial charge in [-0.3, -0.25) is 19.1 Å². The maximum absolute atomic E-state index is 12.8. The van der Waals surface area contributed by atoms with Gasteiger partial charge >= 0.3 is 0 Å². The highest BCUT2D eigenvalue weighted by Gasteiger charge is 2.37. The number of carbonyl (C=O) groups is 2. The first kappa shape index (κ1) is 16.8. The molecule has 5 nitrogen and oxygen atoms in total. The zero-order valence-corrected chi connectivity index (χ0v) is 15.9. The van der Waals surface area contributed by atoms with E-state index in [0.29, 0.717) is 6.54 Å². The molecular formula is C22H25N3O2. The minimum atomic E-state index is -0.131. The van der Waals surface area contributed by atoms with Crippen LogP contribution in [0.25, 0.3) is 16.5 Å². The third-order valence-electron chi connectivity index (χ3n) is 6.24. The van der Waals surface area contributed by atoms with Gasteiger partial charge in [0.1, 0.15) is 0 Å². The Morgan fingerprint density at radius 2 is 2.07 bits per heavy atom. The number of nitrogens with zero attached hydrogens (tertiary/aromatic N) is 2. The molecule has 5 heteroatoms. The van der Waals surface area contributed by atoms with E-state index in [-0.39, 0.29) is 29.7 Å². The van der Waals surface area contributed by atoms with Gasteiger partial charge in [-0.15, -0.1) is 0 Å². The predicted octanol–water partition coefficient (Wildman–Crippen LogP) is 2.70. The van der Waals surface area contributed by atoms with Crippen molar-refractivity contribution in [2.45, 2.75) is 32.2 Å². The van der Waals surface area contributed by atoms with E-state index >= 15 is 0 Å². The van der Waals surface area contributed by atoms with Crippen LogP contribution in [0, 0.1) is 11.8 Å². The van der Waals surface area contributed by atoms with Crippen LogP contribution in [0.2, 0.25) is 0 Å². The third-order valence-corrected chi connectivity index (χ3v) is 6.24. The number of nitrogens with one attached hydrogen (secondary N) is 1. The number of rotatable bonds is 3. The molecule has 2 heterocycles. The van der Waals surface area contributed by atoms with E-state index in [2.05, 4.69) is 41.7 Å². The second kappa shape index (κ2) is 6.06. The third kappa shape index (κ3) is 2.56. The van der Waals surface area contributed by atoms with Crippen LogP contribution in [0.5, 0.6) is 0 Å². The number of hydrogen-bond donors (Lipinski definition) is 1. The lowest BCUT2D eigenvalue weighted by Gasteiger charge is -2.39. The summed E-state index contributed by atoms with van der Waals surface area (Å²) in [7, 11) is 2.10. The highest BCUT2D eigenvalue weighted by atomic mass is 16.2. The van der Waals surface area contributed by atoms with E-state index < -0.39 is 0 Å². The van der Waals surface area contributed by atoms with Crippen LogP contribution < -0.4 is 5.32 Å². The quantitative estimate of drug-likeness (QED) is 0.912. The Labute approximate surface area is 159 Å². The zero-order chi connectivity index (χ0) is 18.7. The Morgan fingerprint density at radius 3 is 2.81 bits per heavy atom. The van der Waals surface area contributed by atoms with Gasteiger partial charge in [0.15, 0.2) is 0 Å². The molecule has 2 aliphatic carbocycles. The van der Waals surface area contributed by atoms with Crippen LogP contribution in [-0.2, 0) is 11.2 Å². The lowest BCUT2D eigenvalue weighted by atomic mass is 9.80. The Balaban J connectivity index is 1.64. The van der Waals surface area contributed by atoms with Crippen molar-refractivity contribution in [2.75, 3.05) is 20.1 Å². The zero-order valence-electron chi connectivity index (χ0n) is 15.9. The summed E-state index contributed by atoms with van der Waals surface area (Å²) in [6.07, 6.45) is 7.14. The second-order valence-electron chi connectivity index (χ2n) is 8.12. The summed E-state index contributed by atoms with van der Waals surface area (Å²) in [5, 5.41) is 4.15. The van der Waals surface area contributed by atoms with Crippen molar-refractivity contribution in [1.29, 1.82) is 0 Å².